The van der Waals surface area contributed by atoms with Gasteiger partial charge in [0.2, 0.25) is 0 Å². The van der Waals surface area contributed by atoms with Crippen molar-refractivity contribution in [3.63, 3.8) is 0 Å². The number of carbonyl (C=O) groups excluding carboxylic acids is 1. The van der Waals surface area contributed by atoms with E-state index >= 15 is 0 Å². The van der Waals surface area contributed by atoms with Gasteiger partial charge in [0.25, 0.3) is 5.91 Å². The van der Waals surface area contributed by atoms with Crippen LogP contribution in [0.2, 0.25) is 0 Å². The van der Waals surface area contributed by atoms with Gasteiger partial charge in [-0.15, -0.1) is 0 Å². The number of aromatic amines is 1. The summed E-state index contributed by atoms with van der Waals surface area (Å²) in [6.07, 6.45) is 1.64. The van der Waals surface area contributed by atoms with Gasteiger partial charge in [-0.05, 0) is 38.1 Å². The molecule has 3 aromatic rings. The summed E-state index contributed by atoms with van der Waals surface area (Å²) < 4.78 is 0. The standard InChI is InChI=1S/C20H17N3O/c1-13-7-9-16(10-8-13)23-20(24)15(12-21)11-18-14(2)22-19-6-4-3-5-17(18)19/h3-11,22H,1-2H3,(H,23,24)/b15-11-. The van der Waals surface area contributed by atoms with Crippen LogP contribution in [0.15, 0.2) is 54.1 Å². The minimum Gasteiger partial charge on any atom is -0.358 e. The zero-order valence-corrected chi connectivity index (χ0v) is 13.6. The van der Waals surface area contributed by atoms with E-state index in [1.54, 1.807) is 6.08 Å². The molecule has 1 aromatic heterocycles. The highest BCUT2D eigenvalue weighted by molar-refractivity contribution is 6.11. The topological polar surface area (TPSA) is 68.7 Å². The number of amides is 1. The van der Waals surface area contributed by atoms with Crippen LogP contribution in [0, 0.1) is 25.2 Å². The van der Waals surface area contributed by atoms with Crippen LogP contribution in [0.5, 0.6) is 0 Å². The first-order valence-electron chi connectivity index (χ1n) is 7.65. The number of aromatic nitrogens is 1. The predicted octanol–water partition coefficient (Wildman–Crippen LogP) is 4.33. The molecule has 0 aliphatic heterocycles. The van der Waals surface area contributed by atoms with Crippen molar-refractivity contribution in [2.24, 2.45) is 0 Å². The lowest BCUT2D eigenvalue weighted by molar-refractivity contribution is -0.112. The fraction of sp³-hybridized carbons (Fsp3) is 0.100. The lowest BCUT2D eigenvalue weighted by atomic mass is 10.1. The number of para-hydroxylation sites is 1. The van der Waals surface area contributed by atoms with E-state index in [2.05, 4.69) is 10.3 Å². The van der Waals surface area contributed by atoms with Gasteiger partial charge < -0.3 is 10.3 Å². The second-order valence-corrected chi connectivity index (χ2v) is 5.70. The fourth-order valence-electron chi connectivity index (χ4n) is 2.61. The molecule has 0 aliphatic carbocycles. The number of anilines is 1. The summed E-state index contributed by atoms with van der Waals surface area (Å²) >= 11 is 0. The predicted molar refractivity (Wildman–Crippen MR) is 96.4 cm³/mol. The van der Waals surface area contributed by atoms with Gasteiger partial charge in [-0.2, -0.15) is 5.26 Å². The fourth-order valence-corrected chi connectivity index (χ4v) is 2.61. The molecule has 0 saturated heterocycles. The van der Waals surface area contributed by atoms with Gasteiger partial charge in [0.15, 0.2) is 0 Å². The van der Waals surface area contributed by atoms with Crippen LogP contribution in [-0.2, 0) is 4.79 Å². The molecule has 0 unspecified atom stereocenters. The molecule has 0 aliphatic rings. The number of hydrogen-bond donors (Lipinski definition) is 2. The van der Waals surface area contributed by atoms with E-state index in [9.17, 15) is 10.1 Å². The molecule has 0 bridgehead atoms. The molecule has 0 radical (unpaired) electrons. The molecule has 3 rings (SSSR count). The van der Waals surface area contributed by atoms with E-state index < -0.39 is 5.91 Å². The Hall–Kier alpha value is -3.32. The van der Waals surface area contributed by atoms with Crippen molar-refractivity contribution < 1.29 is 4.79 Å². The lowest BCUT2D eigenvalue weighted by Crippen LogP contribution is -2.13. The first-order chi connectivity index (χ1) is 11.6. The quantitative estimate of drug-likeness (QED) is 0.558. The Morgan fingerprint density at radius 2 is 1.83 bits per heavy atom. The average molecular weight is 315 g/mol. The Morgan fingerprint density at radius 1 is 1.12 bits per heavy atom. The smallest absolute Gasteiger partial charge is 0.266 e. The number of nitrogens with one attached hydrogen (secondary N) is 2. The van der Waals surface area contributed by atoms with Crippen molar-refractivity contribution >= 4 is 28.6 Å². The number of fused-ring (bicyclic) bond motifs is 1. The number of aryl methyl sites for hydroxylation is 2. The Kier molecular flexibility index (Phi) is 4.17. The summed E-state index contributed by atoms with van der Waals surface area (Å²) in [5.41, 5.74) is 4.62. The number of nitrogens with zero attached hydrogens (tertiary/aromatic N) is 1. The van der Waals surface area contributed by atoms with Crippen LogP contribution < -0.4 is 5.32 Å². The summed E-state index contributed by atoms with van der Waals surface area (Å²) in [4.78, 5) is 15.7. The number of carbonyl (C=O) groups is 1. The van der Waals surface area contributed by atoms with Gasteiger partial charge in [0.1, 0.15) is 11.6 Å². The molecule has 1 amide bonds. The van der Waals surface area contributed by atoms with E-state index in [0.717, 1.165) is 27.7 Å². The Labute approximate surface area is 140 Å². The maximum atomic E-state index is 12.4. The molecule has 4 nitrogen and oxygen atoms in total. The third kappa shape index (κ3) is 3.06. The van der Waals surface area contributed by atoms with Crippen molar-refractivity contribution in [3.8, 4) is 6.07 Å². The second-order valence-electron chi connectivity index (χ2n) is 5.70. The first-order valence-corrected chi connectivity index (χ1v) is 7.65. The van der Waals surface area contributed by atoms with Crippen LogP contribution in [0.4, 0.5) is 5.69 Å². The molecule has 2 N–H and O–H groups in total. The third-order valence-electron chi connectivity index (χ3n) is 3.91. The molecule has 0 spiro atoms. The second kappa shape index (κ2) is 6.43. The average Bonchev–Trinajstić information content (AvgIpc) is 2.90. The lowest BCUT2D eigenvalue weighted by Gasteiger charge is -2.04. The highest BCUT2D eigenvalue weighted by Crippen LogP contribution is 2.24. The number of H-pyrrole nitrogens is 1. The molecule has 1 heterocycles. The minimum absolute atomic E-state index is 0.0726. The van der Waals surface area contributed by atoms with Gasteiger partial charge in [-0.1, -0.05) is 35.9 Å². The molecule has 2 aromatic carbocycles. The number of nitriles is 1. The monoisotopic (exact) mass is 315 g/mol. The zero-order chi connectivity index (χ0) is 17.1. The van der Waals surface area contributed by atoms with Gasteiger partial charge >= 0.3 is 0 Å². The molecule has 118 valence electrons. The molecule has 0 atom stereocenters. The van der Waals surface area contributed by atoms with Crippen LogP contribution in [0.25, 0.3) is 17.0 Å². The van der Waals surface area contributed by atoms with Crippen LogP contribution in [0.1, 0.15) is 16.8 Å². The number of rotatable bonds is 3. The highest BCUT2D eigenvalue weighted by Gasteiger charge is 2.12. The number of benzene rings is 2. The van der Waals surface area contributed by atoms with Crippen LogP contribution in [-0.4, -0.2) is 10.9 Å². The van der Waals surface area contributed by atoms with Crippen molar-refractivity contribution in [3.05, 3.63) is 70.9 Å². The molecule has 0 saturated carbocycles. The van der Waals surface area contributed by atoms with Crippen LogP contribution >= 0.6 is 0 Å². The van der Waals surface area contributed by atoms with E-state index in [-0.39, 0.29) is 5.57 Å². The number of hydrogen-bond acceptors (Lipinski definition) is 2. The van der Waals surface area contributed by atoms with Gasteiger partial charge in [0, 0.05) is 27.8 Å². The Balaban J connectivity index is 1.94. The zero-order valence-electron chi connectivity index (χ0n) is 13.6. The summed E-state index contributed by atoms with van der Waals surface area (Å²) in [6.45, 7) is 3.91. The highest BCUT2D eigenvalue weighted by atomic mass is 16.1. The molecule has 24 heavy (non-hydrogen) atoms. The van der Waals surface area contributed by atoms with Gasteiger partial charge in [-0.3, -0.25) is 4.79 Å². The normalized spacial score (nSPS) is 11.3. The largest absolute Gasteiger partial charge is 0.358 e. The Bertz CT molecular complexity index is 972. The van der Waals surface area contributed by atoms with E-state index in [4.69, 9.17) is 0 Å². The van der Waals surface area contributed by atoms with E-state index in [0.29, 0.717) is 5.69 Å². The summed E-state index contributed by atoms with van der Waals surface area (Å²) in [5, 5.41) is 13.1. The third-order valence-corrected chi connectivity index (χ3v) is 3.91. The summed E-state index contributed by atoms with van der Waals surface area (Å²) in [5.74, 6) is -0.411. The van der Waals surface area contributed by atoms with E-state index in [1.165, 1.54) is 0 Å². The van der Waals surface area contributed by atoms with Crippen molar-refractivity contribution in [1.82, 2.24) is 4.98 Å². The molecular weight excluding hydrogens is 298 g/mol. The Morgan fingerprint density at radius 3 is 2.54 bits per heavy atom. The molecular formula is C20H17N3O. The van der Waals surface area contributed by atoms with Crippen molar-refractivity contribution in [1.29, 1.82) is 5.26 Å². The van der Waals surface area contributed by atoms with Crippen LogP contribution in [0.3, 0.4) is 0 Å². The van der Waals surface area contributed by atoms with Crippen molar-refractivity contribution in [2.45, 2.75) is 13.8 Å². The first kappa shape index (κ1) is 15.6. The van der Waals surface area contributed by atoms with Gasteiger partial charge in [-0.25, -0.2) is 0 Å². The maximum Gasteiger partial charge on any atom is 0.266 e. The summed E-state index contributed by atoms with van der Waals surface area (Å²) in [6, 6.07) is 17.3. The minimum atomic E-state index is -0.411. The van der Waals surface area contributed by atoms with E-state index in [1.807, 2.05) is 68.4 Å². The summed E-state index contributed by atoms with van der Waals surface area (Å²) in [7, 11) is 0. The SMILES string of the molecule is Cc1ccc(NC(=O)/C(C#N)=C\c2c(C)[nH]c3ccccc23)cc1. The molecule has 0 fully saturated rings. The van der Waals surface area contributed by atoms with Gasteiger partial charge in [0.05, 0.1) is 0 Å². The molecule has 4 heteroatoms. The van der Waals surface area contributed by atoms with Crippen molar-refractivity contribution in [2.75, 3.05) is 5.32 Å². The maximum absolute atomic E-state index is 12.4.